The molecule has 1 aromatic heterocycles. The van der Waals surface area contributed by atoms with Crippen LogP contribution in [0.2, 0.25) is 5.15 Å². The van der Waals surface area contributed by atoms with Crippen molar-refractivity contribution in [3.05, 3.63) is 45.7 Å². The largest absolute Gasteiger partial charge is 0.493 e. The highest BCUT2D eigenvalue weighted by Crippen LogP contribution is 2.27. The molecular formula is C22H29ClN4O2. The number of unbranched alkanes of at least 4 members (excludes halogenated alkanes) is 1. The first-order valence-electron chi connectivity index (χ1n) is 10.6. The maximum Gasteiger partial charge on any atom is 0.258 e. The zero-order chi connectivity index (χ0) is 20.4. The van der Waals surface area contributed by atoms with Gasteiger partial charge in [-0.25, -0.2) is 0 Å². The number of hydrogen-bond donors (Lipinski definition) is 0. The van der Waals surface area contributed by atoms with Crippen LogP contribution in [0.5, 0.6) is 5.75 Å². The number of ether oxygens (including phenoxy) is 1. The number of carbonyl (C=O) groups is 1. The van der Waals surface area contributed by atoms with Crippen LogP contribution in [0.1, 0.15) is 46.9 Å². The predicted molar refractivity (Wildman–Crippen MR) is 114 cm³/mol. The minimum atomic E-state index is 0.00424. The van der Waals surface area contributed by atoms with Gasteiger partial charge in [-0.05, 0) is 30.5 Å². The van der Waals surface area contributed by atoms with Crippen molar-refractivity contribution in [2.45, 2.75) is 46.2 Å². The van der Waals surface area contributed by atoms with Crippen molar-refractivity contribution in [2.24, 2.45) is 0 Å². The van der Waals surface area contributed by atoms with Crippen LogP contribution in [0.15, 0.2) is 18.2 Å². The molecule has 156 valence electrons. The summed E-state index contributed by atoms with van der Waals surface area (Å²) in [6.45, 7) is 9.59. The minimum Gasteiger partial charge on any atom is -0.493 e. The molecular weight excluding hydrogens is 388 g/mol. The van der Waals surface area contributed by atoms with Crippen molar-refractivity contribution in [3.63, 3.8) is 0 Å². The van der Waals surface area contributed by atoms with Gasteiger partial charge >= 0.3 is 0 Å². The molecule has 1 fully saturated rings. The fourth-order valence-corrected chi connectivity index (χ4v) is 4.46. The topological polar surface area (TPSA) is 50.6 Å². The summed E-state index contributed by atoms with van der Waals surface area (Å²) < 4.78 is 7.36. The second-order valence-electron chi connectivity index (χ2n) is 7.94. The number of aromatic nitrogens is 2. The Kier molecular flexibility index (Phi) is 6.11. The molecule has 2 aromatic rings. The van der Waals surface area contributed by atoms with E-state index in [0.29, 0.717) is 23.8 Å². The van der Waals surface area contributed by atoms with Crippen molar-refractivity contribution in [1.29, 1.82) is 0 Å². The number of carbonyl (C=O) groups excluding carboxylic acids is 1. The first-order chi connectivity index (χ1) is 14.1. The molecule has 7 heteroatoms. The summed E-state index contributed by atoms with van der Waals surface area (Å²) in [4.78, 5) is 17.4. The molecule has 1 saturated heterocycles. The summed E-state index contributed by atoms with van der Waals surface area (Å²) in [5, 5.41) is 4.96. The Morgan fingerprint density at radius 2 is 2.03 bits per heavy atom. The Morgan fingerprint density at radius 1 is 1.24 bits per heavy atom. The first-order valence-corrected chi connectivity index (χ1v) is 10.9. The van der Waals surface area contributed by atoms with Gasteiger partial charge in [0.1, 0.15) is 10.9 Å². The SMILES string of the molecule is CCCCn1nc(C)c(C(=O)N2CCN(Cc3ccc4c(c3)CCO4)CC2)c1Cl. The predicted octanol–water partition coefficient (Wildman–Crippen LogP) is 3.54. The third-order valence-corrected chi connectivity index (χ3v) is 6.21. The van der Waals surface area contributed by atoms with Crippen LogP contribution in [-0.4, -0.2) is 58.3 Å². The van der Waals surface area contributed by atoms with Gasteiger partial charge in [-0.15, -0.1) is 0 Å². The summed E-state index contributed by atoms with van der Waals surface area (Å²) in [5.74, 6) is 1.03. The maximum atomic E-state index is 13.1. The van der Waals surface area contributed by atoms with E-state index in [4.69, 9.17) is 16.3 Å². The molecule has 2 aliphatic rings. The van der Waals surface area contributed by atoms with E-state index in [9.17, 15) is 4.79 Å². The van der Waals surface area contributed by atoms with E-state index >= 15 is 0 Å². The lowest BCUT2D eigenvalue weighted by Gasteiger charge is -2.34. The molecule has 3 heterocycles. The summed E-state index contributed by atoms with van der Waals surface area (Å²) >= 11 is 6.49. The molecule has 1 amide bonds. The van der Waals surface area contributed by atoms with Gasteiger partial charge in [-0.3, -0.25) is 14.4 Å². The van der Waals surface area contributed by atoms with Crippen molar-refractivity contribution in [3.8, 4) is 5.75 Å². The van der Waals surface area contributed by atoms with Gasteiger partial charge in [0.2, 0.25) is 0 Å². The standard InChI is InChI=1S/C22H29ClN4O2/c1-3-4-8-27-21(23)20(16(2)24-27)22(28)26-11-9-25(10-12-26)15-17-5-6-19-18(14-17)7-13-29-19/h5-6,14H,3-4,7-13,15H2,1-2H3. The van der Waals surface area contributed by atoms with Crippen LogP contribution >= 0.6 is 11.6 Å². The molecule has 1 aromatic carbocycles. The van der Waals surface area contributed by atoms with Crippen LogP contribution in [0.3, 0.4) is 0 Å². The third-order valence-electron chi connectivity index (χ3n) is 5.82. The van der Waals surface area contributed by atoms with E-state index < -0.39 is 0 Å². The van der Waals surface area contributed by atoms with Crippen LogP contribution < -0.4 is 4.74 Å². The lowest BCUT2D eigenvalue weighted by atomic mass is 10.1. The molecule has 0 radical (unpaired) electrons. The van der Waals surface area contributed by atoms with Gasteiger partial charge in [0.05, 0.1) is 17.9 Å². The van der Waals surface area contributed by atoms with Crippen LogP contribution in [0.25, 0.3) is 0 Å². The van der Waals surface area contributed by atoms with Gasteiger partial charge in [-0.1, -0.05) is 37.1 Å². The lowest BCUT2D eigenvalue weighted by Crippen LogP contribution is -2.48. The van der Waals surface area contributed by atoms with Crippen molar-refractivity contribution in [1.82, 2.24) is 19.6 Å². The van der Waals surface area contributed by atoms with Crippen molar-refractivity contribution in [2.75, 3.05) is 32.8 Å². The number of amides is 1. The van der Waals surface area contributed by atoms with Gasteiger partial charge < -0.3 is 9.64 Å². The quantitative estimate of drug-likeness (QED) is 0.722. The average molecular weight is 417 g/mol. The number of piperazine rings is 1. The smallest absolute Gasteiger partial charge is 0.258 e. The monoisotopic (exact) mass is 416 g/mol. The average Bonchev–Trinajstić information content (AvgIpc) is 3.30. The second-order valence-corrected chi connectivity index (χ2v) is 8.29. The van der Waals surface area contributed by atoms with E-state index in [0.717, 1.165) is 63.5 Å². The van der Waals surface area contributed by atoms with E-state index in [-0.39, 0.29) is 5.91 Å². The number of hydrogen-bond acceptors (Lipinski definition) is 4. The summed E-state index contributed by atoms with van der Waals surface area (Å²) in [7, 11) is 0. The van der Waals surface area contributed by atoms with Crippen LogP contribution in [0, 0.1) is 6.92 Å². The minimum absolute atomic E-state index is 0.00424. The van der Waals surface area contributed by atoms with Gasteiger partial charge in [0.25, 0.3) is 5.91 Å². The Morgan fingerprint density at radius 3 is 2.79 bits per heavy atom. The number of aryl methyl sites for hydroxylation is 2. The maximum absolute atomic E-state index is 13.1. The Bertz CT molecular complexity index is 887. The molecule has 0 saturated carbocycles. The van der Waals surface area contributed by atoms with Crippen LogP contribution in [0.4, 0.5) is 0 Å². The molecule has 0 spiro atoms. The molecule has 0 N–H and O–H groups in total. The molecule has 0 atom stereocenters. The number of rotatable bonds is 6. The van der Waals surface area contributed by atoms with Crippen molar-refractivity contribution < 1.29 is 9.53 Å². The molecule has 0 bridgehead atoms. The molecule has 0 aliphatic carbocycles. The Labute approximate surface area is 177 Å². The summed E-state index contributed by atoms with van der Waals surface area (Å²) in [5.41, 5.74) is 3.90. The van der Waals surface area contributed by atoms with Gasteiger partial charge in [-0.2, -0.15) is 5.10 Å². The van der Waals surface area contributed by atoms with Crippen LogP contribution in [-0.2, 0) is 19.5 Å². The zero-order valence-electron chi connectivity index (χ0n) is 17.3. The fraction of sp³-hybridized carbons (Fsp3) is 0.545. The second kappa shape index (κ2) is 8.76. The fourth-order valence-electron chi connectivity index (χ4n) is 4.12. The van der Waals surface area contributed by atoms with E-state index in [2.05, 4.69) is 35.1 Å². The highest BCUT2D eigenvalue weighted by molar-refractivity contribution is 6.33. The normalized spacial score (nSPS) is 16.7. The number of halogens is 1. The summed E-state index contributed by atoms with van der Waals surface area (Å²) in [6.07, 6.45) is 3.07. The van der Waals surface area contributed by atoms with E-state index in [1.807, 2.05) is 11.8 Å². The molecule has 4 rings (SSSR count). The lowest BCUT2D eigenvalue weighted by molar-refractivity contribution is 0.0628. The number of benzene rings is 1. The van der Waals surface area contributed by atoms with Gasteiger partial charge in [0.15, 0.2) is 0 Å². The zero-order valence-corrected chi connectivity index (χ0v) is 18.0. The number of nitrogens with zero attached hydrogens (tertiary/aromatic N) is 4. The molecule has 29 heavy (non-hydrogen) atoms. The molecule has 2 aliphatic heterocycles. The van der Waals surface area contributed by atoms with Gasteiger partial charge in [0, 0.05) is 45.7 Å². The molecule has 0 unspecified atom stereocenters. The summed E-state index contributed by atoms with van der Waals surface area (Å²) in [6, 6.07) is 6.49. The Balaban J connectivity index is 1.36. The van der Waals surface area contributed by atoms with E-state index in [1.165, 1.54) is 11.1 Å². The highest BCUT2D eigenvalue weighted by atomic mass is 35.5. The van der Waals surface area contributed by atoms with E-state index in [1.54, 1.807) is 4.68 Å². The van der Waals surface area contributed by atoms with Crippen molar-refractivity contribution >= 4 is 17.5 Å². The highest BCUT2D eigenvalue weighted by Gasteiger charge is 2.28. The number of fused-ring (bicyclic) bond motifs is 1. The molecule has 6 nitrogen and oxygen atoms in total. The third kappa shape index (κ3) is 4.28. The Hall–Kier alpha value is -2.05. The first kappa shape index (κ1) is 20.2.